The summed E-state index contributed by atoms with van der Waals surface area (Å²) in [6.07, 6.45) is 0. The number of carbonyl (C=O) groups is 2. The number of carbonyl (C=O) groups excluding carboxylic acids is 2. The third-order valence-corrected chi connectivity index (χ3v) is 6.07. The molecule has 1 amide bonds. The first-order valence-corrected chi connectivity index (χ1v) is 9.06. The molecule has 2 aromatic rings. The highest BCUT2D eigenvalue weighted by atomic mass is 32.2. The monoisotopic (exact) mass is 343 g/mol. The minimum Gasteiger partial charge on any atom is -0.355 e. The van der Waals surface area contributed by atoms with Gasteiger partial charge >= 0.3 is 0 Å². The quantitative estimate of drug-likeness (QED) is 0.775. The largest absolute Gasteiger partial charge is 0.355 e. The predicted molar refractivity (Wildman–Crippen MR) is 89.2 cm³/mol. The fourth-order valence-corrected chi connectivity index (χ4v) is 4.54. The molecule has 0 atom stereocenters. The summed E-state index contributed by atoms with van der Waals surface area (Å²) >= 11 is 0. The highest BCUT2D eigenvalue weighted by molar-refractivity contribution is 7.91. The maximum absolute atomic E-state index is 13.0. The highest BCUT2D eigenvalue weighted by Crippen LogP contribution is 2.37. The van der Waals surface area contributed by atoms with Gasteiger partial charge in [-0.3, -0.25) is 9.59 Å². The van der Waals surface area contributed by atoms with Crippen LogP contribution in [-0.2, 0) is 9.84 Å². The first kappa shape index (κ1) is 16.4. The van der Waals surface area contributed by atoms with Crippen molar-refractivity contribution in [2.24, 2.45) is 0 Å². The number of fused-ring (bicyclic) bond motifs is 2. The summed E-state index contributed by atoms with van der Waals surface area (Å²) in [5.74, 6) is -0.767. The van der Waals surface area contributed by atoms with Gasteiger partial charge in [0.2, 0.25) is 9.84 Å². The molecule has 3 rings (SSSR count). The molecule has 24 heavy (non-hydrogen) atoms. The van der Waals surface area contributed by atoms with E-state index in [4.69, 9.17) is 0 Å². The Balaban J connectivity index is 2.36. The lowest BCUT2D eigenvalue weighted by Gasteiger charge is -2.22. The number of nitrogens with one attached hydrogen (secondary N) is 1. The molecule has 1 aliphatic rings. The number of ketones is 1. The van der Waals surface area contributed by atoms with Crippen LogP contribution in [0.1, 0.15) is 51.6 Å². The lowest BCUT2D eigenvalue weighted by Crippen LogP contribution is -2.27. The molecule has 0 aromatic heterocycles. The van der Waals surface area contributed by atoms with Crippen molar-refractivity contribution in [3.05, 3.63) is 58.7 Å². The molecule has 6 heteroatoms. The first-order valence-electron chi connectivity index (χ1n) is 7.58. The lowest BCUT2D eigenvalue weighted by molar-refractivity contribution is 0.0948. The number of amides is 1. The topological polar surface area (TPSA) is 80.3 Å². The summed E-state index contributed by atoms with van der Waals surface area (Å²) in [4.78, 5) is 24.9. The van der Waals surface area contributed by atoms with Crippen LogP contribution in [0.4, 0.5) is 0 Å². The van der Waals surface area contributed by atoms with E-state index >= 15 is 0 Å². The zero-order chi connectivity index (χ0) is 17.6. The average molecular weight is 343 g/mol. The van der Waals surface area contributed by atoms with E-state index in [0.717, 1.165) is 5.56 Å². The van der Waals surface area contributed by atoms with Crippen LogP contribution < -0.4 is 5.32 Å². The number of hydrogen-bond donors (Lipinski definition) is 1. The molecule has 2 aromatic carbocycles. The van der Waals surface area contributed by atoms with Crippen molar-refractivity contribution in [2.75, 3.05) is 7.05 Å². The van der Waals surface area contributed by atoms with Crippen LogP contribution in [0.2, 0.25) is 0 Å². The molecule has 0 spiro atoms. The zero-order valence-electron chi connectivity index (χ0n) is 13.6. The average Bonchev–Trinajstić information content (AvgIpc) is 2.58. The minimum absolute atomic E-state index is 0.00143. The van der Waals surface area contributed by atoms with Gasteiger partial charge in [-0.1, -0.05) is 26.0 Å². The molecular formula is C18H17NO4S. The molecule has 1 heterocycles. The van der Waals surface area contributed by atoms with Crippen molar-refractivity contribution in [2.45, 2.75) is 29.6 Å². The van der Waals surface area contributed by atoms with Crippen molar-refractivity contribution in [1.29, 1.82) is 0 Å². The van der Waals surface area contributed by atoms with Gasteiger partial charge in [-0.05, 0) is 35.7 Å². The summed E-state index contributed by atoms with van der Waals surface area (Å²) in [6, 6.07) is 9.12. The Kier molecular flexibility index (Phi) is 3.80. The Bertz CT molecular complexity index is 975. The van der Waals surface area contributed by atoms with Gasteiger partial charge in [-0.2, -0.15) is 0 Å². The van der Waals surface area contributed by atoms with Gasteiger partial charge in [0.25, 0.3) is 5.91 Å². The second-order valence-corrected chi connectivity index (χ2v) is 7.89. The van der Waals surface area contributed by atoms with E-state index in [1.54, 1.807) is 12.1 Å². The van der Waals surface area contributed by atoms with E-state index < -0.39 is 21.5 Å². The highest BCUT2D eigenvalue weighted by Gasteiger charge is 2.37. The number of benzene rings is 2. The van der Waals surface area contributed by atoms with Crippen molar-refractivity contribution in [3.63, 3.8) is 0 Å². The van der Waals surface area contributed by atoms with Gasteiger partial charge in [0.1, 0.15) is 0 Å². The zero-order valence-corrected chi connectivity index (χ0v) is 14.4. The molecule has 1 aliphatic heterocycles. The van der Waals surface area contributed by atoms with E-state index in [0.29, 0.717) is 0 Å². The third-order valence-electron chi connectivity index (χ3n) is 4.22. The number of sulfone groups is 1. The second-order valence-electron chi connectivity index (χ2n) is 6.00. The minimum atomic E-state index is -3.84. The number of hydrogen-bond acceptors (Lipinski definition) is 4. The third kappa shape index (κ3) is 2.26. The summed E-state index contributed by atoms with van der Waals surface area (Å²) < 4.78 is 25.8. The van der Waals surface area contributed by atoms with Crippen LogP contribution in [0.15, 0.2) is 46.2 Å². The summed E-state index contributed by atoms with van der Waals surface area (Å²) in [7, 11) is -2.40. The lowest BCUT2D eigenvalue weighted by atomic mass is 9.93. The molecule has 5 nitrogen and oxygen atoms in total. The van der Waals surface area contributed by atoms with Gasteiger partial charge in [0.15, 0.2) is 5.78 Å². The van der Waals surface area contributed by atoms with Crippen molar-refractivity contribution < 1.29 is 18.0 Å². The van der Waals surface area contributed by atoms with Gasteiger partial charge in [-0.25, -0.2) is 8.42 Å². The molecule has 0 saturated heterocycles. The van der Waals surface area contributed by atoms with Gasteiger partial charge in [0.05, 0.1) is 20.9 Å². The van der Waals surface area contributed by atoms with Crippen LogP contribution in [0, 0.1) is 0 Å². The predicted octanol–water partition coefficient (Wildman–Crippen LogP) is 2.55. The molecule has 0 saturated carbocycles. The Hall–Kier alpha value is -2.47. The van der Waals surface area contributed by atoms with Gasteiger partial charge < -0.3 is 5.32 Å². The molecule has 0 fully saturated rings. The van der Waals surface area contributed by atoms with E-state index in [-0.39, 0.29) is 32.4 Å². The van der Waals surface area contributed by atoms with E-state index in [9.17, 15) is 18.0 Å². The van der Waals surface area contributed by atoms with Crippen LogP contribution >= 0.6 is 0 Å². The molecule has 1 N–H and O–H groups in total. The fourth-order valence-electron chi connectivity index (χ4n) is 2.88. The SMILES string of the molecule is CNC(=O)c1cccc2c1C(=O)c1cc(C(C)C)ccc1S2(=O)=O. The maximum Gasteiger partial charge on any atom is 0.251 e. The maximum atomic E-state index is 13.0. The van der Waals surface area contributed by atoms with Crippen LogP contribution in [0.5, 0.6) is 0 Å². The Morgan fingerprint density at radius 2 is 1.79 bits per heavy atom. The van der Waals surface area contributed by atoms with Gasteiger partial charge in [-0.15, -0.1) is 0 Å². The van der Waals surface area contributed by atoms with Crippen LogP contribution in [0.3, 0.4) is 0 Å². The normalized spacial score (nSPS) is 14.9. The van der Waals surface area contributed by atoms with Crippen molar-refractivity contribution in [3.8, 4) is 0 Å². The van der Waals surface area contributed by atoms with Crippen molar-refractivity contribution >= 4 is 21.5 Å². The molecule has 0 aliphatic carbocycles. The number of rotatable bonds is 2. The van der Waals surface area contributed by atoms with E-state index in [1.807, 2.05) is 13.8 Å². The molecule has 124 valence electrons. The Labute approximate surface area is 140 Å². The van der Waals surface area contributed by atoms with Gasteiger partial charge in [0, 0.05) is 12.6 Å². The molecule has 0 unspecified atom stereocenters. The Morgan fingerprint density at radius 1 is 1.08 bits per heavy atom. The van der Waals surface area contributed by atoms with Crippen molar-refractivity contribution in [1.82, 2.24) is 5.32 Å². The van der Waals surface area contributed by atoms with Crippen LogP contribution in [-0.4, -0.2) is 27.2 Å². The summed E-state index contributed by atoms with van der Waals surface area (Å²) in [6.45, 7) is 3.93. The molecular weight excluding hydrogens is 326 g/mol. The molecule has 0 radical (unpaired) electrons. The van der Waals surface area contributed by atoms with E-state index in [1.165, 1.54) is 31.3 Å². The molecule has 0 bridgehead atoms. The Morgan fingerprint density at radius 3 is 2.42 bits per heavy atom. The van der Waals surface area contributed by atoms with E-state index in [2.05, 4.69) is 5.32 Å². The first-order chi connectivity index (χ1) is 11.3. The summed E-state index contributed by atoms with van der Waals surface area (Å²) in [5.41, 5.74) is 1.03. The smallest absolute Gasteiger partial charge is 0.251 e. The van der Waals surface area contributed by atoms with Crippen LogP contribution in [0.25, 0.3) is 0 Å². The summed E-state index contributed by atoms with van der Waals surface area (Å²) in [5, 5.41) is 2.45. The fraction of sp³-hybridized carbons (Fsp3) is 0.222. The standard InChI is InChI=1S/C18H17NO4S/c1-10(2)11-7-8-14-13(9-11)17(20)16-12(18(21)19-3)5-4-6-15(16)24(14,22)23/h4-10H,1-3H3,(H,19,21). The second kappa shape index (κ2) is 5.56.